The molecule has 0 unspecified atom stereocenters. The van der Waals surface area contributed by atoms with Crippen LogP contribution in [0.25, 0.3) is 22.8 Å². The van der Waals surface area contributed by atoms with Gasteiger partial charge in [-0.25, -0.2) is 14.0 Å². The van der Waals surface area contributed by atoms with Crippen LogP contribution in [0.4, 0.5) is 66.7 Å². The molecule has 0 radical (unpaired) electrons. The van der Waals surface area contributed by atoms with Gasteiger partial charge in [0.1, 0.15) is 47.2 Å². The van der Waals surface area contributed by atoms with Crippen molar-refractivity contribution in [2.75, 3.05) is 0 Å². The summed E-state index contributed by atoms with van der Waals surface area (Å²) < 4.78 is 182. The van der Waals surface area contributed by atoms with Crippen molar-refractivity contribution in [3.05, 3.63) is 114 Å². The highest BCUT2D eigenvalue weighted by Crippen LogP contribution is 2.46. The van der Waals surface area contributed by atoms with E-state index in [4.69, 9.17) is 18.9 Å². The van der Waals surface area contributed by atoms with Gasteiger partial charge in [0.15, 0.2) is 0 Å². The van der Waals surface area contributed by atoms with Crippen LogP contribution in [-0.4, -0.2) is 81.2 Å². The summed E-state index contributed by atoms with van der Waals surface area (Å²) in [7, 11) is 0. The normalized spacial score (nSPS) is 15.5. The molecule has 2 aliphatic heterocycles. The summed E-state index contributed by atoms with van der Waals surface area (Å²) >= 11 is -0.842. The van der Waals surface area contributed by atoms with Crippen LogP contribution in [0.1, 0.15) is 50.6 Å². The molecule has 0 aliphatic carbocycles. The number of carbonyl (C=O) groups excluding carboxylic acids is 4. The molecule has 400 valence electrons. The first-order chi connectivity index (χ1) is 34.6. The number of aromatic nitrogens is 4. The predicted molar refractivity (Wildman–Crippen MR) is 234 cm³/mol. The van der Waals surface area contributed by atoms with Crippen molar-refractivity contribution >= 4 is 47.4 Å². The topological polar surface area (TPSA) is 206 Å². The molecule has 4 aromatic carbocycles. The number of phenols is 1. The van der Waals surface area contributed by atoms with Crippen molar-refractivity contribution in [3.8, 4) is 40.0 Å². The first-order valence-corrected chi connectivity index (χ1v) is 22.3. The Labute approximate surface area is 420 Å². The molecular formula is C44H33F13N8O8S2. The third kappa shape index (κ3) is 14.4. The number of imide groups is 2. The van der Waals surface area contributed by atoms with E-state index < -0.39 is 110 Å². The molecule has 0 atom stereocenters. The molecule has 0 bridgehead atoms. The zero-order chi connectivity index (χ0) is 55.6. The number of hydrogen-bond donors (Lipinski definition) is 3. The standard InChI is InChI=1S/C22H16F6N4O4S.C15H12F4N4O3.C7H5F3OS/c1-20(2)18(33)32(19(34)30-20)10-16-29-17(31-36-16)11-7-8-13(12(9-11)21(23,24)25)35-14-5-3-4-6-15(14)37-22(26,27)28;1-14(2)12(24)23(13(25)21-14)6-10-20-11(22-26-10)7-3-4-9(16)8(5-7)15(17,18)19;8-7(9,10)12-6-4-2-1-3-5(6)11/h3-9H,10H2,1-2H3,(H,30,34);3-5H,6H2,1-2H3,(H,21,25);1-4,11H. The maximum absolute atomic E-state index is 13.8. The molecule has 75 heavy (non-hydrogen) atoms. The van der Waals surface area contributed by atoms with Gasteiger partial charge in [0.25, 0.3) is 11.8 Å². The second-order valence-corrected chi connectivity index (χ2v) is 18.6. The van der Waals surface area contributed by atoms with Gasteiger partial charge >= 0.3 is 35.4 Å². The third-order valence-corrected chi connectivity index (χ3v) is 11.5. The summed E-state index contributed by atoms with van der Waals surface area (Å²) in [5.74, 6) is -4.85. The molecule has 8 rings (SSSR count). The van der Waals surface area contributed by atoms with Crippen LogP contribution < -0.4 is 15.4 Å². The highest BCUT2D eigenvalue weighted by Gasteiger charge is 2.46. The first-order valence-electron chi connectivity index (χ1n) is 20.7. The highest BCUT2D eigenvalue weighted by atomic mass is 32.2. The number of aromatic hydroxyl groups is 1. The van der Waals surface area contributed by atoms with Crippen molar-refractivity contribution in [2.45, 2.75) is 85.0 Å². The summed E-state index contributed by atoms with van der Waals surface area (Å²) in [6.45, 7) is 5.29. The van der Waals surface area contributed by atoms with E-state index in [1.807, 2.05) is 0 Å². The molecule has 6 aromatic rings. The Balaban J connectivity index is 0.000000207. The number of benzene rings is 4. The number of thioether (sulfide) groups is 2. The lowest BCUT2D eigenvalue weighted by atomic mass is 10.1. The van der Waals surface area contributed by atoms with Gasteiger partial charge in [-0.15, -0.1) is 0 Å². The summed E-state index contributed by atoms with van der Waals surface area (Å²) in [4.78, 5) is 57.2. The minimum Gasteiger partial charge on any atom is -0.507 e. The maximum Gasteiger partial charge on any atom is 0.446 e. The number of nitrogens with zero attached hydrogens (tertiary/aromatic N) is 6. The number of rotatable bonds is 10. The minimum atomic E-state index is -4.95. The van der Waals surface area contributed by atoms with Gasteiger partial charge in [0.05, 0.1) is 20.9 Å². The zero-order valence-electron chi connectivity index (χ0n) is 38.2. The van der Waals surface area contributed by atoms with Gasteiger partial charge in [-0.3, -0.25) is 19.4 Å². The van der Waals surface area contributed by atoms with Gasteiger partial charge in [-0.05, 0) is 112 Å². The van der Waals surface area contributed by atoms with Crippen LogP contribution in [0, 0.1) is 5.82 Å². The monoisotopic (exact) mass is 1110 g/mol. The number of para-hydroxylation sites is 2. The summed E-state index contributed by atoms with van der Waals surface area (Å²) in [6, 6.07) is 13.8. The Morgan fingerprint density at radius 1 is 0.587 bits per heavy atom. The number of hydrogen-bond acceptors (Lipinski definition) is 14. The second-order valence-electron chi connectivity index (χ2n) is 16.4. The van der Waals surface area contributed by atoms with Crippen molar-refractivity contribution < 1.29 is 95.1 Å². The largest absolute Gasteiger partial charge is 0.507 e. The average Bonchev–Trinajstić information content (AvgIpc) is 4.05. The van der Waals surface area contributed by atoms with Gasteiger partial charge < -0.3 is 29.5 Å². The van der Waals surface area contributed by atoms with E-state index in [0.29, 0.717) is 18.2 Å². The number of phenolic OH excluding ortho intramolecular Hbond substituents is 1. The number of carbonyl (C=O) groups is 4. The molecule has 2 aromatic heterocycles. The van der Waals surface area contributed by atoms with Gasteiger partial charge in [-0.2, -0.15) is 62.7 Å². The maximum atomic E-state index is 13.8. The fourth-order valence-electron chi connectivity index (χ4n) is 6.46. The fraction of sp³-hybridized carbons (Fsp3) is 0.273. The lowest BCUT2D eigenvalue weighted by Gasteiger charge is -2.16. The molecule has 6 amide bonds. The number of ether oxygens (including phenoxy) is 1. The van der Waals surface area contributed by atoms with Crippen molar-refractivity contribution in [1.29, 1.82) is 0 Å². The van der Waals surface area contributed by atoms with Crippen molar-refractivity contribution in [2.24, 2.45) is 0 Å². The molecule has 0 spiro atoms. The quantitative estimate of drug-likeness (QED) is 0.0663. The molecular weight excluding hydrogens is 1080 g/mol. The minimum absolute atomic E-state index is 0.119. The number of nitrogens with one attached hydrogen (secondary N) is 2. The van der Waals surface area contributed by atoms with Crippen LogP contribution in [0.15, 0.2) is 104 Å². The van der Waals surface area contributed by atoms with E-state index in [9.17, 15) is 76.3 Å². The number of amides is 6. The molecule has 3 N–H and O–H groups in total. The lowest BCUT2D eigenvalue weighted by Crippen LogP contribution is -2.40. The summed E-state index contributed by atoms with van der Waals surface area (Å²) in [5.41, 5.74) is -14.3. The van der Waals surface area contributed by atoms with E-state index in [0.717, 1.165) is 40.1 Å². The Morgan fingerprint density at radius 3 is 1.45 bits per heavy atom. The first kappa shape index (κ1) is 56.7. The number of alkyl halides is 12. The van der Waals surface area contributed by atoms with Gasteiger partial charge in [0.2, 0.25) is 23.4 Å². The van der Waals surface area contributed by atoms with Gasteiger partial charge in [0, 0.05) is 11.1 Å². The molecule has 2 aliphatic rings. The Bertz CT molecular complexity index is 3110. The molecule has 31 heteroatoms. The van der Waals surface area contributed by atoms with Crippen LogP contribution in [0.2, 0.25) is 0 Å². The number of urea groups is 2. The van der Waals surface area contributed by atoms with Crippen LogP contribution in [0.3, 0.4) is 0 Å². The van der Waals surface area contributed by atoms with Crippen LogP contribution >= 0.6 is 23.5 Å². The molecule has 2 fully saturated rings. The fourth-order valence-corrected chi connectivity index (χ4v) is 7.63. The van der Waals surface area contributed by atoms with Crippen molar-refractivity contribution in [1.82, 2.24) is 40.7 Å². The van der Waals surface area contributed by atoms with Crippen molar-refractivity contribution in [3.63, 3.8) is 0 Å². The molecule has 4 heterocycles. The van der Waals surface area contributed by atoms with E-state index in [-0.39, 0.29) is 63.5 Å². The van der Waals surface area contributed by atoms with Gasteiger partial charge in [-0.1, -0.05) is 34.6 Å². The highest BCUT2D eigenvalue weighted by molar-refractivity contribution is 8.00. The van der Waals surface area contributed by atoms with E-state index in [1.165, 1.54) is 64.1 Å². The van der Waals surface area contributed by atoms with E-state index >= 15 is 0 Å². The van der Waals surface area contributed by atoms with Crippen LogP contribution in [0.5, 0.6) is 17.2 Å². The Kier molecular flexibility index (Phi) is 16.1. The SMILES string of the molecule is CC1(C)NC(=O)N(Cc2nc(-c3ccc(F)c(C(F)(F)F)c3)no2)C1=O.CC1(C)NC(=O)N(Cc2nc(-c3ccc(Oc4ccccc4SC(F)(F)F)c(C(F)(F)F)c3)no2)C1=O.Oc1ccccc1SC(F)(F)F. The summed E-state index contributed by atoms with van der Waals surface area (Å²) in [6.07, 6.45) is -9.83. The average molecular weight is 1110 g/mol. The molecule has 16 nitrogen and oxygen atoms in total. The predicted octanol–water partition coefficient (Wildman–Crippen LogP) is 11.7. The Hall–Kier alpha value is -7.57. The summed E-state index contributed by atoms with van der Waals surface area (Å²) in [5, 5.41) is 21.0. The zero-order valence-corrected chi connectivity index (χ0v) is 39.8. The second kappa shape index (κ2) is 21.3. The third-order valence-electron chi connectivity index (χ3n) is 9.87. The number of halogens is 13. The smallest absolute Gasteiger partial charge is 0.446 e. The van der Waals surface area contributed by atoms with Crippen LogP contribution in [-0.2, 0) is 35.0 Å². The van der Waals surface area contributed by atoms with E-state index in [1.54, 1.807) is 0 Å². The molecule has 2 saturated heterocycles. The Morgan fingerprint density at radius 2 is 1.01 bits per heavy atom. The molecule has 0 saturated carbocycles. The lowest BCUT2D eigenvalue weighted by molar-refractivity contribution is -0.140. The van der Waals surface area contributed by atoms with E-state index in [2.05, 4.69) is 30.9 Å².